The lowest BCUT2D eigenvalue weighted by atomic mass is 9.89. The first kappa shape index (κ1) is 17.9. The molecule has 0 saturated carbocycles. The monoisotopic (exact) mass is 357 g/mol. The Morgan fingerprint density at radius 1 is 1.42 bits per heavy atom. The van der Waals surface area contributed by atoms with Gasteiger partial charge < -0.3 is 16.4 Å². The van der Waals surface area contributed by atoms with E-state index < -0.39 is 5.91 Å². The van der Waals surface area contributed by atoms with Gasteiger partial charge in [-0.15, -0.1) is 0 Å². The Labute approximate surface area is 151 Å². The number of nitrogens with one attached hydrogen (secondary N) is 1. The van der Waals surface area contributed by atoms with Crippen LogP contribution in [0.3, 0.4) is 0 Å². The smallest absolute Gasteiger partial charge is 0.254 e. The maximum Gasteiger partial charge on any atom is 0.254 e. The van der Waals surface area contributed by atoms with E-state index in [1.165, 1.54) is 12.1 Å². The van der Waals surface area contributed by atoms with Gasteiger partial charge in [0.15, 0.2) is 5.82 Å². The van der Waals surface area contributed by atoms with Crippen LogP contribution in [0.15, 0.2) is 30.5 Å². The molecule has 0 radical (unpaired) electrons. The summed E-state index contributed by atoms with van der Waals surface area (Å²) in [5.41, 5.74) is 6.35. The lowest BCUT2D eigenvalue weighted by Crippen LogP contribution is -2.86. The van der Waals surface area contributed by atoms with Gasteiger partial charge >= 0.3 is 0 Å². The first-order chi connectivity index (χ1) is 12.6. The van der Waals surface area contributed by atoms with Crippen LogP contribution in [0.4, 0.5) is 15.9 Å². The minimum Gasteiger partial charge on any atom is -0.365 e. The standard InChI is InChI=1S/C18H21FN6O/c19-13-1-3-14(4-2-13)23-18-15(17(21)26)11-25(24-18)16(5-8-20)12-6-9-22-10-7-12/h1-4,11-12,16,22H,5-7,9-10H2,(H2,21,26)(H,23,24)/p+1/t16-/m0/s1. The largest absolute Gasteiger partial charge is 0.365 e. The molecule has 3 rings (SSSR count). The minimum absolute atomic E-state index is 0.101. The summed E-state index contributed by atoms with van der Waals surface area (Å²) in [5.74, 6) is -0.304. The lowest BCUT2D eigenvalue weighted by Gasteiger charge is -2.27. The highest BCUT2D eigenvalue weighted by atomic mass is 19.1. The van der Waals surface area contributed by atoms with Gasteiger partial charge in [0, 0.05) is 24.7 Å². The number of nitrogens with zero attached hydrogens (tertiary/aromatic N) is 3. The Hall–Kier alpha value is -2.92. The SMILES string of the molecule is N#CC[C@@H](C1CC[NH2+]CC1)n1cc(C(N)=O)c(Nc2ccc(F)cc2)n1. The van der Waals surface area contributed by atoms with E-state index in [2.05, 4.69) is 21.8 Å². The Bertz CT molecular complexity index is 804. The zero-order valence-electron chi connectivity index (χ0n) is 14.4. The van der Waals surface area contributed by atoms with Crippen molar-refractivity contribution < 1.29 is 14.5 Å². The molecule has 1 aromatic heterocycles. The fourth-order valence-corrected chi connectivity index (χ4v) is 3.41. The summed E-state index contributed by atoms with van der Waals surface area (Å²) in [6, 6.07) is 7.88. The summed E-state index contributed by atoms with van der Waals surface area (Å²) in [7, 11) is 0. The fourth-order valence-electron chi connectivity index (χ4n) is 3.41. The molecule has 7 nitrogen and oxygen atoms in total. The predicted molar refractivity (Wildman–Crippen MR) is 94.1 cm³/mol. The summed E-state index contributed by atoms with van der Waals surface area (Å²) in [5, 5.41) is 19.0. The van der Waals surface area contributed by atoms with Gasteiger partial charge in [-0.1, -0.05) is 0 Å². The normalized spacial score (nSPS) is 16.0. The molecule has 0 bridgehead atoms. The van der Waals surface area contributed by atoms with Crippen molar-refractivity contribution in [1.82, 2.24) is 9.78 Å². The Kier molecular flexibility index (Phi) is 5.49. The molecular weight excluding hydrogens is 335 g/mol. The van der Waals surface area contributed by atoms with E-state index in [-0.39, 0.29) is 17.4 Å². The number of hydrogen-bond donors (Lipinski definition) is 3. The van der Waals surface area contributed by atoms with Crippen LogP contribution in [0.5, 0.6) is 0 Å². The van der Waals surface area contributed by atoms with Crippen LogP contribution in [0.2, 0.25) is 0 Å². The topological polar surface area (TPSA) is 113 Å². The van der Waals surface area contributed by atoms with Gasteiger partial charge in [-0.05, 0) is 30.2 Å². The number of carbonyl (C=O) groups is 1. The van der Waals surface area contributed by atoms with Gasteiger partial charge in [-0.2, -0.15) is 10.4 Å². The molecule has 5 N–H and O–H groups in total. The van der Waals surface area contributed by atoms with E-state index in [1.807, 2.05) is 0 Å². The molecule has 1 atom stereocenters. The maximum atomic E-state index is 13.1. The van der Waals surface area contributed by atoms with Crippen molar-refractivity contribution in [2.75, 3.05) is 18.4 Å². The number of nitriles is 1. The van der Waals surface area contributed by atoms with Crippen molar-refractivity contribution in [2.24, 2.45) is 11.7 Å². The van der Waals surface area contributed by atoms with Crippen LogP contribution in [-0.2, 0) is 0 Å². The van der Waals surface area contributed by atoms with Crippen LogP contribution in [0.1, 0.15) is 35.7 Å². The third-order valence-corrected chi connectivity index (χ3v) is 4.77. The molecule has 1 aliphatic rings. The second-order valence-corrected chi connectivity index (χ2v) is 6.50. The molecule has 136 valence electrons. The number of quaternary nitrogens is 1. The van der Waals surface area contributed by atoms with E-state index in [4.69, 9.17) is 5.73 Å². The van der Waals surface area contributed by atoms with E-state index in [0.29, 0.717) is 23.8 Å². The summed E-state index contributed by atoms with van der Waals surface area (Å²) in [6.45, 7) is 2.05. The van der Waals surface area contributed by atoms with Crippen LogP contribution < -0.4 is 16.4 Å². The van der Waals surface area contributed by atoms with Crippen LogP contribution in [0, 0.1) is 23.1 Å². The number of aromatic nitrogens is 2. The molecule has 8 heteroatoms. The van der Waals surface area contributed by atoms with E-state index >= 15 is 0 Å². The van der Waals surface area contributed by atoms with Crippen molar-refractivity contribution in [1.29, 1.82) is 5.26 Å². The zero-order valence-corrected chi connectivity index (χ0v) is 14.4. The number of halogens is 1. The summed E-state index contributed by atoms with van der Waals surface area (Å²) in [6.07, 6.45) is 3.92. The average molecular weight is 357 g/mol. The van der Waals surface area contributed by atoms with Crippen LogP contribution in [0.25, 0.3) is 0 Å². The number of benzene rings is 1. The Morgan fingerprint density at radius 2 is 2.12 bits per heavy atom. The van der Waals surface area contributed by atoms with Crippen molar-refractivity contribution in [3.8, 4) is 6.07 Å². The van der Waals surface area contributed by atoms with Gasteiger partial charge in [0.2, 0.25) is 0 Å². The van der Waals surface area contributed by atoms with Crippen molar-refractivity contribution >= 4 is 17.4 Å². The van der Waals surface area contributed by atoms with Crippen molar-refractivity contribution in [2.45, 2.75) is 25.3 Å². The Balaban J connectivity index is 1.90. The first-order valence-electron chi connectivity index (χ1n) is 8.68. The molecule has 1 aliphatic heterocycles. The number of rotatable bonds is 6. The average Bonchev–Trinajstić information content (AvgIpc) is 3.06. The number of piperidine rings is 1. The van der Waals surface area contributed by atoms with E-state index in [1.54, 1.807) is 23.0 Å². The van der Waals surface area contributed by atoms with E-state index in [9.17, 15) is 14.4 Å². The summed E-state index contributed by atoms with van der Waals surface area (Å²) in [4.78, 5) is 11.8. The van der Waals surface area contributed by atoms with Gasteiger partial charge in [0.25, 0.3) is 5.91 Å². The van der Waals surface area contributed by atoms with E-state index in [0.717, 1.165) is 25.9 Å². The number of anilines is 2. The molecule has 1 fully saturated rings. The number of primary amides is 1. The van der Waals surface area contributed by atoms with Crippen LogP contribution >= 0.6 is 0 Å². The van der Waals surface area contributed by atoms with Crippen LogP contribution in [-0.4, -0.2) is 28.8 Å². The van der Waals surface area contributed by atoms with Gasteiger partial charge in [0.1, 0.15) is 11.4 Å². The zero-order chi connectivity index (χ0) is 18.5. The Morgan fingerprint density at radius 3 is 2.73 bits per heavy atom. The molecule has 0 unspecified atom stereocenters. The highest BCUT2D eigenvalue weighted by Crippen LogP contribution is 2.30. The second kappa shape index (κ2) is 7.97. The fraction of sp³-hybridized carbons (Fsp3) is 0.389. The molecule has 1 aromatic carbocycles. The maximum absolute atomic E-state index is 13.1. The van der Waals surface area contributed by atoms with Gasteiger partial charge in [-0.3, -0.25) is 9.48 Å². The number of amides is 1. The number of carbonyl (C=O) groups excluding carboxylic acids is 1. The summed E-state index contributed by atoms with van der Waals surface area (Å²) < 4.78 is 14.8. The third-order valence-electron chi connectivity index (χ3n) is 4.77. The number of nitrogens with two attached hydrogens (primary N) is 2. The van der Waals surface area contributed by atoms with Crippen molar-refractivity contribution in [3.05, 3.63) is 41.8 Å². The highest BCUT2D eigenvalue weighted by Gasteiger charge is 2.28. The molecule has 26 heavy (non-hydrogen) atoms. The van der Waals surface area contributed by atoms with Gasteiger partial charge in [0.05, 0.1) is 31.6 Å². The molecule has 2 aromatic rings. The summed E-state index contributed by atoms with van der Waals surface area (Å²) >= 11 is 0. The minimum atomic E-state index is -0.603. The molecule has 0 aliphatic carbocycles. The number of hydrogen-bond acceptors (Lipinski definition) is 4. The predicted octanol–water partition coefficient (Wildman–Crippen LogP) is 1.29. The second-order valence-electron chi connectivity index (χ2n) is 6.50. The molecule has 1 saturated heterocycles. The molecular formula is C18H22FN6O+. The third kappa shape index (κ3) is 4.00. The first-order valence-corrected chi connectivity index (χ1v) is 8.68. The van der Waals surface area contributed by atoms with Gasteiger partial charge in [-0.25, -0.2) is 4.39 Å². The molecule has 2 heterocycles. The van der Waals surface area contributed by atoms with Crippen molar-refractivity contribution in [3.63, 3.8) is 0 Å². The highest BCUT2D eigenvalue weighted by molar-refractivity contribution is 5.98. The quantitative estimate of drug-likeness (QED) is 0.723. The molecule has 1 amide bonds. The lowest BCUT2D eigenvalue weighted by molar-refractivity contribution is -0.665. The molecule has 0 spiro atoms.